The zero-order valence-corrected chi connectivity index (χ0v) is 5.11. The summed E-state index contributed by atoms with van der Waals surface area (Å²) in [4.78, 5) is 4.03. The van der Waals surface area contributed by atoms with Gasteiger partial charge in [0, 0.05) is 6.42 Å². The molecule has 8 heavy (non-hydrogen) atoms. The second-order valence-corrected chi connectivity index (χ2v) is 1.50. The van der Waals surface area contributed by atoms with Gasteiger partial charge in [-0.15, -0.1) is 0 Å². The summed E-state index contributed by atoms with van der Waals surface area (Å²) in [6, 6.07) is 0. The van der Waals surface area contributed by atoms with Gasteiger partial charge in [-0.25, -0.2) is 0 Å². The molecule has 0 unspecified atom stereocenters. The van der Waals surface area contributed by atoms with Crippen molar-refractivity contribution in [3.05, 3.63) is 0 Å². The molecule has 0 atom stereocenters. The molecule has 0 bridgehead atoms. The molecule has 2 heteroatoms. The predicted molar refractivity (Wildman–Crippen MR) is 32.6 cm³/mol. The first-order chi connectivity index (χ1) is 3.91. The summed E-state index contributed by atoms with van der Waals surface area (Å²) >= 11 is 0. The van der Waals surface area contributed by atoms with Crippen LogP contribution < -0.4 is 5.90 Å². The third kappa shape index (κ3) is 5.32. The van der Waals surface area contributed by atoms with Crippen LogP contribution in [0.5, 0.6) is 0 Å². The molecular weight excluding hydrogens is 102 g/mol. The molecule has 0 aromatic rings. The first kappa shape index (κ1) is 7.32. The molecule has 0 radical (unpaired) electrons. The van der Waals surface area contributed by atoms with Gasteiger partial charge >= 0.3 is 0 Å². The van der Waals surface area contributed by atoms with E-state index >= 15 is 0 Å². The minimum Gasteiger partial charge on any atom is -0.359 e. The van der Waals surface area contributed by atoms with Crippen LogP contribution in [0.15, 0.2) is 0 Å². The van der Waals surface area contributed by atoms with Gasteiger partial charge in [0.05, 0.1) is 0 Å². The van der Waals surface area contributed by atoms with Crippen LogP contribution in [0, 0.1) is 12.0 Å². The Labute approximate surface area is 50.0 Å². The van der Waals surface area contributed by atoms with E-state index in [-0.39, 0.29) is 0 Å². The van der Waals surface area contributed by atoms with Crippen LogP contribution in [-0.2, 0) is 4.84 Å². The van der Waals surface area contributed by atoms with E-state index in [1.54, 1.807) is 0 Å². The zero-order valence-electron chi connectivity index (χ0n) is 5.11. The lowest BCUT2D eigenvalue weighted by molar-refractivity contribution is 0.291. The number of unbranched alkanes of at least 4 members (excludes halogenated alkanes) is 2. The molecule has 0 aromatic carbocycles. The van der Waals surface area contributed by atoms with Crippen molar-refractivity contribution in [2.75, 3.05) is 0 Å². The third-order valence-electron chi connectivity index (χ3n) is 0.786. The Morgan fingerprint density at radius 2 is 2.38 bits per heavy atom. The Hall–Kier alpha value is -0.680. The van der Waals surface area contributed by atoms with E-state index in [1.165, 1.54) is 6.42 Å². The van der Waals surface area contributed by atoms with E-state index in [9.17, 15) is 0 Å². The first-order valence-corrected chi connectivity index (χ1v) is 2.75. The average molecular weight is 113 g/mol. The molecule has 0 amide bonds. The quantitative estimate of drug-likeness (QED) is 0.330. The fraction of sp³-hybridized carbons (Fsp3) is 0.667. The third-order valence-corrected chi connectivity index (χ3v) is 0.786. The summed E-state index contributed by atoms with van der Waals surface area (Å²) in [7, 11) is 0. The molecule has 0 heterocycles. The molecular formula is C6H11NO. The van der Waals surface area contributed by atoms with Crippen LogP contribution in [-0.4, -0.2) is 0 Å². The fourth-order valence-electron chi connectivity index (χ4n) is 0.358. The zero-order chi connectivity index (χ0) is 6.24. The van der Waals surface area contributed by atoms with Crippen molar-refractivity contribution in [1.29, 1.82) is 0 Å². The Kier molecular flexibility index (Phi) is 5.78. The summed E-state index contributed by atoms with van der Waals surface area (Å²) in [5.74, 6) is 7.38. The Morgan fingerprint density at radius 1 is 1.62 bits per heavy atom. The van der Waals surface area contributed by atoms with Crippen LogP contribution in [0.1, 0.15) is 26.2 Å². The lowest BCUT2D eigenvalue weighted by Crippen LogP contribution is -1.87. The maximum absolute atomic E-state index is 4.64. The second-order valence-electron chi connectivity index (χ2n) is 1.50. The lowest BCUT2D eigenvalue weighted by Gasteiger charge is -1.81. The number of nitrogens with two attached hydrogens (primary N) is 1. The predicted octanol–water partition coefficient (Wildman–Crippen LogP) is 1.03. The van der Waals surface area contributed by atoms with Gasteiger partial charge in [-0.1, -0.05) is 19.3 Å². The largest absolute Gasteiger partial charge is 0.359 e. The van der Waals surface area contributed by atoms with E-state index in [4.69, 9.17) is 0 Å². The van der Waals surface area contributed by atoms with Gasteiger partial charge in [-0.2, -0.15) is 5.90 Å². The summed E-state index contributed by atoms with van der Waals surface area (Å²) in [6.07, 6.45) is 5.48. The van der Waals surface area contributed by atoms with Gasteiger partial charge in [0.25, 0.3) is 0 Å². The lowest BCUT2D eigenvalue weighted by atomic mass is 10.3. The Balaban J connectivity index is 2.90. The smallest absolute Gasteiger partial charge is 0.137 e. The van der Waals surface area contributed by atoms with E-state index in [0.717, 1.165) is 12.8 Å². The summed E-state index contributed by atoms with van der Waals surface area (Å²) in [6.45, 7) is 2.12. The van der Waals surface area contributed by atoms with Crippen molar-refractivity contribution in [1.82, 2.24) is 0 Å². The molecule has 0 aromatic heterocycles. The van der Waals surface area contributed by atoms with Crippen LogP contribution in [0.2, 0.25) is 0 Å². The topological polar surface area (TPSA) is 35.2 Å². The minimum absolute atomic E-state index is 0.883. The highest BCUT2D eigenvalue weighted by molar-refractivity contribution is 4.90. The van der Waals surface area contributed by atoms with E-state index < -0.39 is 0 Å². The molecule has 46 valence electrons. The van der Waals surface area contributed by atoms with Crippen molar-refractivity contribution in [3.63, 3.8) is 0 Å². The van der Waals surface area contributed by atoms with Gasteiger partial charge in [-0.3, -0.25) is 0 Å². The first-order valence-electron chi connectivity index (χ1n) is 2.75. The van der Waals surface area contributed by atoms with Crippen molar-refractivity contribution in [3.8, 4) is 12.0 Å². The molecule has 2 nitrogen and oxygen atoms in total. The monoisotopic (exact) mass is 113 g/mol. The van der Waals surface area contributed by atoms with Crippen molar-refractivity contribution in [2.45, 2.75) is 26.2 Å². The highest BCUT2D eigenvalue weighted by Gasteiger charge is 1.74. The Morgan fingerprint density at radius 3 is 2.88 bits per heavy atom. The molecule has 0 saturated carbocycles. The van der Waals surface area contributed by atoms with E-state index in [0.29, 0.717) is 0 Å². The number of hydrogen-bond acceptors (Lipinski definition) is 2. The number of rotatable bonds is 2. The van der Waals surface area contributed by atoms with Crippen molar-refractivity contribution in [2.24, 2.45) is 5.90 Å². The molecule has 0 aliphatic carbocycles. The Bertz CT molecular complexity index is 90.4. The highest BCUT2D eigenvalue weighted by Crippen LogP contribution is 1.89. The fourth-order valence-corrected chi connectivity index (χ4v) is 0.358. The molecule has 0 aliphatic rings. The minimum atomic E-state index is 0.883. The van der Waals surface area contributed by atoms with Crippen LogP contribution in [0.25, 0.3) is 0 Å². The summed E-state index contributed by atoms with van der Waals surface area (Å²) in [5, 5.41) is 0. The SMILES string of the molecule is CCCCC#CON. The van der Waals surface area contributed by atoms with Crippen molar-refractivity contribution < 1.29 is 4.84 Å². The normalized spacial score (nSPS) is 7.25. The van der Waals surface area contributed by atoms with E-state index in [2.05, 4.69) is 29.7 Å². The molecule has 0 saturated heterocycles. The van der Waals surface area contributed by atoms with Crippen molar-refractivity contribution >= 4 is 0 Å². The van der Waals surface area contributed by atoms with Crippen LogP contribution >= 0.6 is 0 Å². The summed E-state index contributed by atoms with van der Waals surface area (Å²) in [5.41, 5.74) is 0. The summed E-state index contributed by atoms with van der Waals surface area (Å²) < 4.78 is 0. The average Bonchev–Trinajstić information content (AvgIpc) is 1.81. The number of hydrogen-bond donors (Lipinski definition) is 1. The maximum atomic E-state index is 4.64. The molecule has 0 rings (SSSR count). The van der Waals surface area contributed by atoms with Gasteiger partial charge in [0.1, 0.15) is 6.11 Å². The standard InChI is InChI=1S/C6H11NO/c1-2-3-4-5-6-8-7/h2-4,7H2,1H3. The molecule has 0 spiro atoms. The molecule has 2 N–H and O–H groups in total. The van der Waals surface area contributed by atoms with Crippen LogP contribution in [0.3, 0.4) is 0 Å². The molecule has 0 fully saturated rings. The molecule has 0 aliphatic heterocycles. The van der Waals surface area contributed by atoms with Crippen LogP contribution in [0.4, 0.5) is 0 Å². The van der Waals surface area contributed by atoms with Gasteiger partial charge in [0.15, 0.2) is 0 Å². The van der Waals surface area contributed by atoms with E-state index in [1.807, 2.05) is 0 Å². The second kappa shape index (κ2) is 6.32. The highest BCUT2D eigenvalue weighted by atomic mass is 16.6. The van der Waals surface area contributed by atoms with Gasteiger partial charge in [-0.05, 0) is 6.42 Å². The van der Waals surface area contributed by atoms with Gasteiger partial charge < -0.3 is 4.84 Å². The maximum Gasteiger partial charge on any atom is 0.137 e. The van der Waals surface area contributed by atoms with Gasteiger partial charge in [0.2, 0.25) is 0 Å².